The van der Waals surface area contributed by atoms with Gasteiger partial charge in [0.2, 0.25) is 15.9 Å². The number of hydrazine groups is 1. The summed E-state index contributed by atoms with van der Waals surface area (Å²) < 4.78 is 27.1. The topological polar surface area (TPSA) is 106 Å². The monoisotopic (exact) mass is 405 g/mol. The third-order valence-electron chi connectivity index (χ3n) is 5.21. The first-order chi connectivity index (χ1) is 13.3. The highest BCUT2D eigenvalue weighted by molar-refractivity contribution is 7.89. The van der Waals surface area contributed by atoms with Gasteiger partial charge >= 0.3 is 0 Å². The predicted octanol–water partition coefficient (Wildman–Crippen LogP) is 0.672. The van der Waals surface area contributed by atoms with E-state index in [9.17, 15) is 18.5 Å². The van der Waals surface area contributed by atoms with Gasteiger partial charge in [-0.1, -0.05) is 26.0 Å². The lowest BCUT2D eigenvalue weighted by atomic mass is 9.99. The summed E-state index contributed by atoms with van der Waals surface area (Å²) >= 11 is 0. The zero-order valence-electron chi connectivity index (χ0n) is 16.3. The van der Waals surface area contributed by atoms with E-state index in [0.29, 0.717) is 19.0 Å². The van der Waals surface area contributed by atoms with Crippen molar-refractivity contribution < 1.29 is 13.2 Å². The Balaban J connectivity index is 1.60. The molecule has 9 heteroatoms. The first-order valence-electron chi connectivity index (χ1n) is 9.62. The van der Waals surface area contributed by atoms with Crippen LogP contribution in [0.3, 0.4) is 0 Å². The maximum absolute atomic E-state index is 12.9. The molecule has 28 heavy (non-hydrogen) atoms. The van der Waals surface area contributed by atoms with E-state index in [1.165, 1.54) is 16.4 Å². The lowest BCUT2D eigenvalue weighted by Crippen LogP contribution is -2.54. The van der Waals surface area contributed by atoms with E-state index in [1.54, 1.807) is 17.0 Å². The molecule has 0 saturated carbocycles. The summed E-state index contributed by atoms with van der Waals surface area (Å²) in [5, 5.41) is 9.19. The molecule has 3 rings (SSSR count). The number of piperazine rings is 1. The van der Waals surface area contributed by atoms with E-state index in [0.717, 1.165) is 12.8 Å². The molecule has 0 radical (unpaired) electrons. The van der Waals surface area contributed by atoms with Crippen LogP contribution in [0, 0.1) is 17.2 Å². The predicted molar refractivity (Wildman–Crippen MR) is 104 cm³/mol. The molecule has 8 nitrogen and oxygen atoms in total. The Kier molecular flexibility index (Phi) is 6.35. The second kappa shape index (κ2) is 8.57. The molecule has 0 spiro atoms. The minimum Gasteiger partial charge on any atom is -0.339 e. The molecule has 152 valence electrons. The number of nitrogens with zero attached hydrogens (tertiary/aromatic N) is 3. The maximum atomic E-state index is 12.9. The van der Waals surface area contributed by atoms with Crippen molar-refractivity contribution in [1.82, 2.24) is 20.1 Å². The van der Waals surface area contributed by atoms with Gasteiger partial charge in [-0.25, -0.2) is 13.8 Å². The number of nitrogens with one attached hydrogen (secondary N) is 2. The van der Waals surface area contributed by atoms with E-state index in [2.05, 4.69) is 24.7 Å². The lowest BCUT2D eigenvalue weighted by molar-refractivity contribution is -0.134. The molecule has 2 atom stereocenters. The SMILES string of the molecule is CC(C)CC1CC(C(=O)N2CCN(S(=O)(=O)c3ccccc3C#N)CC2)NN1. The van der Waals surface area contributed by atoms with Crippen LogP contribution >= 0.6 is 0 Å². The molecule has 2 saturated heterocycles. The minimum atomic E-state index is -3.75. The number of amides is 1. The number of carbonyl (C=O) groups is 1. The summed E-state index contributed by atoms with van der Waals surface area (Å²) in [5.41, 5.74) is 6.41. The van der Waals surface area contributed by atoms with Crippen molar-refractivity contribution in [3.05, 3.63) is 29.8 Å². The highest BCUT2D eigenvalue weighted by Crippen LogP contribution is 2.22. The molecule has 2 heterocycles. The number of carbonyl (C=O) groups excluding carboxylic acids is 1. The number of nitriles is 1. The van der Waals surface area contributed by atoms with Gasteiger partial charge in [0.15, 0.2) is 0 Å². The first-order valence-corrected chi connectivity index (χ1v) is 11.1. The standard InChI is InChI=1S/C19H27N5O3S/c1-14(2)11-16-12-17(22-21-16)19(25)23-7-9-24(10-8-23)28(26,27)18-6-4-3-5-15(18)13-20/h3-6,14,16-17,21-22H,7-12H2,1-2H3. The lowest BCUT2D eigenvalue weighted by Gasteiger charge is -2.35. The van der Waals surface area contributed by atoms with Crippen LogP contribution < -0.4 is 10.9 Å². The average molecular weight is 406 g/mol. The Hall–Kier alpha value is -1.99. The Morgan fingerprint density at radius 3 is 2.54 bits per heavy atom. The van der Waals surface area contributed by atoms with Crippen molar-refractivity contribution in [3.8, 4) is 6.07 Å². The fourth-order valence-electron chi connectivity index (χ4n) is 3.80. The molecule has 2 aliphatic rings. The Morgan fingerprint density at radius 1 is 1.21 bits per heavy atom. The smallest absolute Gasteiger partial charge is 0.244 e. The summed E-state index contributed by atoms with van der Waals surface area (Å²) in [7, 11) is -3.75. The fraction of sp³-hybridized carbons (Fsp3) is 0.579. The summed E-state index contributed by atoms with van der Waals surface area (Å²) in [6, 6.07) is 8.15. The Labute approximate surface area is 166 Å². The van der Waals surface area contributed by atoms with Crippen LogP contribution in [-0.4, -0.2) is 61.8 Å². The van der Waals surface area contributed by atoms with Gasteiger partial charge in [-0.2, -0.15) is 9.57 Å². The van der Waals surface area contributed by atoms with Crippen LogP contribution in [0.4, 0.5) is 0 Å². The molecule has 1 aromatic carbocycles. The summed E-state index contributed by atoms with van der Waals surface area (Å²) in [6.07, 6.45) is 1.74. The van der Waals surface area contributed by atoms with Crippen LogP contribution in [0.1, 0.15) is 32.3 Å². The highest BCUT2D eigenvalue weighted by atomic mass is 32.2. The van der Waals surface area contributed by atoms with E-state index in [4.69, 9.17) is 0 Å². The molecule has 2 unspecified atom stereocenters. The van der Waals surface area contributed by atoms with Gasteiger partial charge in [-0.05, 0) is 30.9 Å². The molecule has 2 aliphatic heterocycles. The Morgan fingerprint density at radius 2 is 1.89 bits per heavy atom. The van der Waals surface area contributed by atoms with Crippen molar-refractivity contribution in [1.29, 1.82) is 5.26 Å². The normalized spacial score (nSPS) is 23.7. The van der Waals surface area contributed by atoms with Crippen LogP contribution in [-0.2, 0) is 14.8 Å². The molecule has 0 bridgehead atoms. The second-order valence-electron chi connectivity index (χ2n) is 7.74. The van der Waals surface area contributed by atoms with Crippen molar-refractivity contribution >= 4 is 15.9 Å². The van der Waals surface area contributed by atoms with Gasteiger partial charge in [0.05, 0.1) is 10.5 Å². The van der Waals surface area contributed by atoms with Gasteiger partial charge in [0, 0.05) is 32.2 Å². The minimum absolute atomic E-state index is 0.00762. The van der Waals surface area contributed by atoms with Crippen molar-refractivity contribution in [3.63, 3.8) is 0 Å². The van der Waals surface area contributed by atoms with E-state index in [-0.39, 0.29) is 41.5 Å². The molecule has 0 aromatic heterocycles. The van der Waals surface area contributed by atoms with E-state index in [1.807, 2.05) is 6.07 Å². The van der Waals surface area contributed by atoms with Gasteiger partial charge in [0.1, 0.15) is 12.1 Å². The van der Waals surface area contributed by atoms with Gasteiger partial charge in [-0.3, -0.25) is 10.2 Å². The van der Waals surface area contributed by atoms with Crippen LogP contribution in [0.5, 0.6) is 0 Å². The molecular formula is C19H27N5O3S. The molecule has 1 amide bonds. The highest BCUT2D eigenvalue weighted by Gasteiger charge is 2.36. The van der Waals surface area contributed by atoms with Crippen molar-refractivity contribution in [2.24, 2.45) is 5.92 Å². The van der Waals surface area contributed by atoms with Gasteiger partial charge in [0.25, 0.3) is 0 Å². The van der Waals surface area contributed by atoms with Crippen LogP contribution in [0.25, 0.3) is 0 Å². The fourth-order valence-corrected chi connectivity index (χ4v) is 5.36. The molecular weight excluding hydrogens is 378 g/mol. The van der Waals surface area contributed by atoms with Crippen molar-refractivity contribution in [2.75, 3.05) is 26.2 Å². The first kappa shape index (κ1) is 20.7. The third kappa shape index (κ3) is 4.36. The maximum Gasteiger partial charge on any atom is 0.244 e. The Bertz CT molecular complexity index is 857. The van der Waals surface area contributed by atoms with Gasteiger partial charge in [-0.15, -0.1) is 0 Å². The summed E-state index contributed by atoms with van der Waals surface area (Å²) in [5.74, 6) is 0.562. The quantitative estimate of drug-likeness (QED) is 0.746. The average Bonchev–Trinajstić information content (AvgIpc) is 3.15. The number of hydrogen-bond acceptors (Lipinski definition) is 6. The van der Waals surface area contributed by atoms with Crippen LogP contribution in [0.2, 0.25) is 0 Å². The third-order valence-corrected chi connectivity index (χ3v) is 7.17. The molecule has 2 fully saturated rings. The van der Waals surface area contributed by atoms with E-state index < -0.39 is 10.0 Å². The largest absolute Gasteiger partial charge is 0.339 e. The van der Waals surface area contributed by atoms with Gasteiger partial charge < -0.3 is 4.90 Å². The number of sulfonamides is 1. The van der Waals surface area contributed by atoms with E-state index >= 15 is 0 Å². The molecule has 1 aromatic rings. The van der Waals surface area contributed by atoms with Crippen molar-refractivity contribution in [2.45, 2.75) is 43.7 Å². The number of benzene rings is 1. The number of rotatable bonds is 5. The summed E-state index contributed by atoms with van der Waals surface area (Å²) in [6.45, 7) is 5.45. The zero-order valence-corrected chi connectivity index (χ0v) is 17.1. The summed E-state index contributed by atoms with van der Waals surface area (Å²) in [4.78, 5) is 14.5. The molecule has 2 N–H and O–H groups in total. The number of hydrogen-bond donors (Lipinski definition) is 2. The zero-order chi connectivity index (χ0) is 20.3. The second-order valence-corrected chi connectivity index (χ2v) is 9.65. The van der Waals surface area contributed by atoms with Crippen LogP contribution in [0.15, 0.2) is 29.2 Å². The molecule has 0 aliphatic carbocycles.